The zero-order valence-corrected chi connectivity index (χ0v) is 12.7. The van der Waals surface area contributed by atoms with Crippen LogP contribution in [0.25, 0.3) is 0 Å². The fourth-order valence-corrected chi connectivity index (χ4v) is 2.00. The van der Waals surface area contributed by atoms with Gasteiger partial charge in [-0.15, -0.1) is 0 Å². The standard InChI is InChI=1S/C12H16BrN5O/c1-8-10(5-15-17(8)3)4-14-12(19)9(2)18-7-11(13)6-16-18/h5-7,9H,4H2,1-3H3,(H,14,19). The Hall–Kier alpha value is -1.63. The summed E-state index contributed by atoms with van der Waals surface area (Å²) in [6.07, 6.45) is 5.21. The summed E-state index contributed by atoms with van der Waals surface area (Å²) in [6.45, 7) is 4.26. The van der Waals surface area contributed by atoms with Crippen LogP contribution in [0.3, 0.4) is 0 Å². The van der Waals surface area contributed by atoms with Crippen molar-refractivity contribution in [3.63, 3.8) is 0 Å². The number of carbonyl (C=O) groups is 1. The van der Waals surface area contributed by atoms with Crippen LogP contribution in [0.4, 0.5) is 0 Å². The average Bonchev–Trinajstić information content (AvgIpc) is 2.95. The number of halogens is 1. The number of nitrogens with zero attached hydrogens (tertiary/aromatic N) is 4. The van der Waals surface area contributed by atoms with E-state index in [0.717, 1.165) is 15.7 Å². The molecule has 0 saturated carbocycles. The Bertz CT molecular complexity index is 589. The molecule has 0 aliphatic heterocycles. The summed E-state index contributed by atoms with van der Waals surface area (Å²) in [5.74, 6) is -0.0705. The van der Waals surface area contributed by atoms with E-state index in [1.807, 2.05) is 20.9 Å². The summed E-state index contributed by atoms with van der Waals surface area (Å²) in [5, 5.41) is 11.1. The quantitative estimate of drug-likeness (QED) is 0.927. The highest BCUT2D eigenvalue weighted by Crippen LogP contribution is 2.12. The Labute approximate surface area is 119 Å². The maximum Gasteiger partial charge on any atom is 0.244 e. The van der Waals surface area contributed by atoms with E-state index in [1.165, 1.54) is 0 Å². The summed E-state index contributed by atoms with van der Waals surface area (Å²) in [6, 6.07) is -0.344. The van der Waals surface area contributed by atoms with Crippen LogP contribution in [0, 0.1) is 6.92 Å². The predicted octanol–water partition coefficient (Wildman–Crippen LogP) is 1.56. The first-order chi connectivity index (χ1) is 8.99. The number of hydrogen-bond acceptors (Lipinski definition) is 3. The molecule has 6 nitrogen and oxygen atoms in total. The highest BCUT2D eigenvalue weighted by molar-refractivity contribution is 9.10. The van der Waals surface area contributed by atoms with Crippen molar-refractivity contribution in [2.45, 2.75) is 26.4 Å². The lowest BCUT2D eigenvalue weighted by atomic mass is 10.2. The Morgan fingerprint density at radius 1 is 1.47 bits per heavy atom. The molecule has 1 amide bonds. The number of amides is 1. The van der Waals surface area contributed by atoms with Crippen LogP contribution in [0.15, 0.2) is 23.1 Å². The van der Waals surface area contributed by atoms with Gasteiger partial charge in [0, 0.05) is 31.0 Å². The van der Waals surface area contributed by atoms with Crippen molar-refractivity contribution in [2.24, 2.45) is 7.05 Å². The van der Waals surface area contributed by atoms with Crippen LogP contribution in [-0.4, -0.2) is 25.5 Å². The van der Waals surface area contributed by atoms with E-state index in [4.69, 9.17) is 0 Å². The number of aryl methyl sites for hydroxylation is 1. The highest BCUT2D eigenvalue weighted by Gasteiger charge is 2.16. The molecule has 0 fully saturated rings. The van der Waals surface area contributed by atoms with Crippen molar-refractivity contribution in [2.75, 3.05) is 0 Å². The average molecular weight is 326 g/mol. The van der Waals surface area contributed by atoms with Gasteiger partial charge in [-0.25, -0.2) is 0 Å². The van der Waals surface area contributed by atoms with Crippen LogP contribution in [0.5, 0.6) is 0 Å². The molecule has 1 unspecified atom stereocenters. The summed E-state index contributed by atoms with van der Waals surface area (Å²) < 4.78 is 4.26. The van der Waals surface area contributed by atoms with E-state index < -0.39 is 0 Å². The first-order valence-corrected chi connectivity index (χ1v) is 6.73. The molecule has 0 aromatic carbocycles. The van der Waals surface area contributed by atoms with Crippen LogP contribution >= 0.6 is 15.9 Å². The van der Waals surface area contributed by atoms with Crippen molar-refractivity contribution < 1.29 is 4.79 Å². The van der Waals surface area contributed by atoms with Crippen molar-refractivity contribution in [1.29, 1.82) is 0 Å². The van der Waals surface area contributed by atoms with Gasteiger partial charge in [-0.1, -0.05) is 0 Å². The van der Waals surface area contributed by atoms with Crippen LogP contribution in [0.2, 0.25) is 0 Å². The summed E-state index contributed by atoms with van der Waals surface area (Å²) in [5.41, 5.74) is 2.07. The monoisotopic (exact) mass is 325 g/mol. The van der Waals surface area contributed by atoms with Gasteiger partial charge in [0.05, 0.1) is 16.9 Å². The minimum absolute atomic E-state index is 0.0705. The largest absolute Gasteiger partial charge is 0.350 e. The van der Waals surface area contributed by atoms with Crippen LogP contribution in [-0.2, 0) is 18.4 Å². The number of aromatic nitrogens is 4. The maximum absolute atomic E-state index is 12.0. The van der Waals surface area contributed by atoms with Gasteiger partial charge < -0.3 is 5.32 Å². The third kappa shape index (κ3) is 3.04. The first kappa shape index (κ1) is 13.8. The first-order valence-electron chi connectivity index (χ1n) is 5.94. The smallest absolute Gasteiger partial charge is 0.244 e. The molecule has 2 aromatic heterocycles. The Morgan fingerprint density at radius 3 is 2.74 bits per heavy atom. The lowest BCUT2D eigenvalue weighted by Crippen LogP contribution is -2.30. The summed E-state index contributed by atoms with van der Waals surface area (Å²) in [7, 11) is 1.88. The van der Waals surface area contributed by atoms with Crippen molar-refractivity contribution in [3.8, 4) is 0 Å². The third-order valence-corrected chi connectivity index (χ3v) is 3.55. The van der Waals surface area contributed by atoms with Crippen LogP contribution < -0.4 is 5.32 Å². The topological polar surface area (TPSA) is 64.7 Å². The third-order valence-electron chi connectivity index (χ3n) is 3.14. The molecule has 0 spiro atoms. The molecule has 0 radical (unpaired) electrons. The van der Waals surface area contributed by atoms with Crippen molar-refractivity contribution in [3.05, 3.63) is 34.3 Å². The van der Waals surface area contributed by atoms with Gasteiger partial charge in [0.1, 0.15) is 6.04 Å². The second kappa shape index (κ2) is 5.56. The van der Waals surface area contributed by atoms with Gasteiger partial charge >= 0.3 is 0 Å². The summed E-state index contributed by atoms with van der Waals surface area (Å²) >= 11 is 3.31. The van der Waals surface area contributed by atoms with Gasteiger partial charge in [0.15, 0.2) is 0 Å². The molecular weight excluding hydrogens is 310 g/mol. The second-order valence-electron chi connectivity index (χ2n) is 4.41. The fraction of sp³-hybridized carbons (Fsp3) is 0.417. The zero-order chi connectivity index (χ0) is 14.0. The number of carbonyl (C=O) groups excluding carboxylic acids is 1. The maximum atomic E-state index is 12.0. The molecule has 0 saturated heterocycles. The number of nitrogens with one attached hydrogen (secondary N) is 1. The number of hydrogen-bond donors (Lipinski definition) is 1. The Kier molecular flexibility index (Phi) is 4.04. The van der Waals surface area contributed by atoms with E-state index in [1.54, 1.807) is 28.0 Å². The van der Waals surface area contributed by atoms with E-state index in [9.17, 15) is 4.79 Å². The lowest BCUT2D eigenvalue weighted by Gasteiger charge is -2.12. The Balaban J connectivity index is 1.96. The molecular formula is C12H16BrN5O. The molecule has 0 aliphatic carbocycles. The molecule has 2 heterocycles. The number of rotatable bonds is 4. The lowest BCUT2D eigenvalue weighted by molar-refractivity contribution is -0.124. The van der Waals surface area contributed by atoms with Crippen LogP contribution in [0.1, 0.15) is 24.2 Å². The SMILES string of the molecule is Cc1c(CNC(=O)C(C)n2cc(Br)cn2)cnn1C. The minimum Gasteiger partial charge on any atom is -0.350 e. The predicted molar refractivity (Wildman–Crippen MR) is 74.4 cm³/mol. The van der Waals surface area contributed by atoms with E-state index >= 15 is 0 Å². The van der Waals surface area contributed by atoms with Crippen molar-refractivity contribution >= 4 is 21.8 Å². The van der Waals surface area contributed by atoms with E-state index in [0.29, 0.717) is 6.54 Å². The van der Waals surface area contributed by atoms with Gasteiger partial charge in [-0.2, -0.15) is 10.2 Å². The molecule has 1 N–H and O–H groups in total. The normalized spacial score (nSPS) is 12.4. The van der Waals surface area contributed by atoms with E-state index in [2.05, 4.69) is 31.4 Å². The summed E-state index contributed by atoms with van der Waals surface area (Å²) in [4.78, 5) is 12.0. The highest BCUT2D eigenvalue weighted by atomic mass is 79.9. The molecule has 0 aliphatic rings. The van der Waals surface area contributed by atoms with Gasteiger partial charge in [0.25, 0.3) is 0 Å². The molecule has 1 atom stereocenters. The Morgan fingerprint density at radius 2 is 2.21 bits per heavy atom. The molecule has 2 aromatic rings. The van der Waals surface area contributed by atoms with E-state index in [-0.39, 0.29) is 11.9 Å². The molecule has 7 heteroatoms. The fourth-order valence-electron chi connectivity index (χ4n) is 1.69. The second-order valence-corrected chi connectivity index (χ2v) is 5.33. The minimum atomic E-state index is -0.344. The van der Waals surface area contributed by atoms with Crippen molar-refractivity contribution in [1.82, 2.24) is 24.9 Å². The van der Waals surface area contributed by atoms with Gasteiger partial charge in [-0.3, -0.25) is 14.2 Å². The van der Waals surface area contributed by atoms with Gasteiger partial charge in [-0.05, 0) is 29.8 Å². The molecule has 0 bridgehead atoms. The molecule has 19 heavy (non-hydrogen) atoms. The molecule has 102 valence electrons. The molecule has 2 rings (SSSR count). The van der Waals surface area contributed by atoms with Gasteiger partial charge in [0.2, 0.25) is 5.91 Å². The zero-order valence-electron chi connectivity index (χ0n) is 11.1.